The summed E-state index contributed by atoms with van der Waals surface area (Å²) < 4.78 is 20.3. The summed E-state index contributed by atoms with van der Waals surface area (Å²) in [5, 5.41) is 6.15. The van der Waals surface area contributed by atoms with Gasteiger partial charge in [0.2, 0.25) is 5.91 Å². The number of hydrogen-bond acceptors (Lipinski definition) is 3. The fraction of sp³-hybridized carbons (Fsp3) is 0.409. The van der Waals surface area contributed by atoms with Crippen molar-refractivity contribution < 1.29 is 13.9 Å². The molecule has 1 fully saturated rings. The molecule has 1 amide bonds. The molecular weight excluding hydrogens is 379 g/mol. The van der Waals surface area contributed by atoms with Gasteiger partial charge in [0.1, 0.15) is 11.6 Å². The third-order valence-corrected chi connectivity index (χ3v) is 5.97. The van der Waals surface area contributed by atoms with Crippen LogP contribution in [0.3, 0.4) is 0 Å². The molecule has 2 aromatic carbocycles. The summed E-state index contributed by atoms with van der Waals surface area (Å²) >= 11 is 0. The minimum absolute atomic E-state index is 0. The van der Waals surface area contributed by atoms with Gasteiger partial charge in [0.05, 0.1) is 18.2 Å². The lowest BCUT2D eigenvalue weighted by Gasteiger charge is -2.29. The van der Waals surface area contributed by atoms with E-state index in [-0.39, 0.29) is 29.8 Å². The van der Waals surface area contributed by atoms with E-state index in [0.717, 1.165) is 49.1 Å². The van der Waals surface area contributed by atoms with Crippen molar-refractivity contribution in [3.63, 3.8) is 0 Å². The van der Waals surface area contributed by atoms with Crippen molar-refractivity contribution in [2.75, 3.05) is 19.0 Å². The van der Waals surface area contributed by atoms with Crippen molar-refractivity contribution in [3.05, 3.63) is 58.9 Å². The van der Waals surface area contributed by atoms with Crippen LogP contribution in [0.15, 0.2) is 36.4 Å². The Balaban J connectivity index is 0.00000225. The molecule has 0 aromatic heterocycles. The Hall–Kier alpha value is -2.11. The summed E-state index contributed by atoms with van der Waals surface area (Å²) in [7, 11) is 1.62. The van der Waals surface area contributed by atoms with Crippen LogP contribution < -0.4 is 15.4 Å². The highest BCUT2D eigenvalue weighted by atomic mass is 35.5. The maximum absolute atomic E-state index is 15.0. The van der Waals surface area contributed by atoms with Crippen molar-refractivity contribution in [1.82, 2.24) is 5.32 Å². The second-order valence-electron chi connectivity index (χ2n) is 7.47. The first-order valence-corrected chi connectivity index (χ1v) is 9.61. The molecule has 0 atom stereocenters. The van der Waals surface area contributed by atoms with Crippen LogP contribution in [0.5, 0.6) is 5.75 Å². The van der Waals surface area contributed by atoms with Gasteiger partial charge < -0.3 is 15.4 Å². The summed E-state index contributed by atoms with van der Waals surface area (Å²) in [6.45, 7) is 1.43. The molecule has 6 heteroatoms. The average Bonchev–Trinajstić information content (AvgIpc) is 3.21. The molecule has 28 heavy (non-hydrogen) atoms. The highest BCUT2D eigenvalue weighted by Gasteiger charge is 2.43. The van der Waals surface area contributed by atoms with Crippen molar-refractivity contribution in [3.8, 4) is 5.75 Å². The molecule has 2 aromatic rings. The van der Waals surface area contributed by atoms with Gasteiger partial charge in [0, 0.05) is 6.54 Å². The zero-order chi connectivity index (χ0) is 18.9. The maximum atomic E-state index is 15.0. The van der Waals surface area contributed by atoms with Crippen LogP contribution in [0.2, 0.25) is 0 Å². The first-order chi connectivity index (χ1) is 13.1. The molecule has 0 saturated heterocycles. The monoisotopic (exact) mass is 404 g/mol. The first kappa shape index (κ1) is 20.6. The van der Waals surface area contributed by atoms with Crippen LogP contribution in [0, 0.1) is 5.82 Å². The Morgan fingerprint density at radius 3 is 2.75 bits per heavy atom. The molecule has 1 saturated carbocycles. The van der Waals surface area contributed by atoms with Crippen LogP contribution in [0.4, 0.5) is 10.1 Å². The van der Waals surface area contributed by atoms with Crippen LogP contribution >= 0.6 is 12.4 Å². The first-order valence-electron chi connectivity index (χ1n) is 9.61. The third kappa shape index (κ3) is 3.61. The number of carbonyl (C=O) groups excluding carboxylic acids is 1. The second-order valence-corrected chi connectivity index (χ2v) is 7.47. The zero-order valence-electron chi connectivity index (χ0n) is 16.0. The van der Waals surface area contributed by atoms with Gasteiger partial charge in [-0.15, -0.1) is 12.4 Å². The number of hydrogen-bond donors (Lipinski definition) is 2. The molecule has 2 aliphatic rings. The zero-order valence-corrected chi connectivity index (χ0v) is 16.8. The van der Waals surface area contributed by atoms with Gasteiger partial charge in [-0.25, -0.2) is 4.39 Å². The Kier molecular flexibility index (Phi) is 6.26. The van der Waals surface area contributed by atoms with Gasteiger partial charge in [0.15, 0.2) is 0 Å². The number of amides is 1. The fourth-order valence-corrected chi connectivity index (χ4v) is 4.42. The van der Waals surface area contributed by atoms with E-state index in [1.807, 2.05) is 30.3 Å². The lowest BCUT2D eigenvalue weighted by atomic mass is 9.77. The molecule has 0 bridgehead atoms. The van der Waals surface area contributed by atoms with Crippen LogP contribution in [0.1, 0.15) is 42.4 Å². The minimum atomic E-state index is -0.627. The van der Waals surface area contributed by atoms with Crippen molar-refractivity contribution in [1.29, 1.82) is 0 Å². The molecule has 4 rings (SSSR count). The number of nitrogens with one attached hydrogen (secondary N) is 2. The third-order valence-electron chi connectivity index (χ3n) is 5.97. The van der Waals surface area contributed by atoms with Gasteiger partial charge in [-0.1, -0.05) is 31.0 Å². The molecule has 2 N–H and O–H groups in total. The number of fused-ring (bicyclic) bond motifs is 1. The van der Waals surface area contributed by atoms with Crippen LogP contribution in [0.25, 0.3) is 0 Å². The van der Waals surface area contributed by atoms with E-state index in [0.29, 0.717) is 18.5 Å². The largest absolute Gasteiger partial charge is 0.497 e. The van der Waals surface area contributed by atoms with Crippen molar-refractivity contribution in [2.24, 2.45) is 0 Å². The molecule has 1 heterocycles. The summed E-state index contributed by atoms with van der Waals surface area (Å²) in [6.07, 6.45) is 4.16. The lowest BCUT2D eigenvalue weighted by molar-refractivity contribution is -0.121. The van der Waals surface area contributed by atoms with E-state index >= 15 is 0 Å². The molecule has 0 radical (unpaired) electrons. The van der Waals surface area contributed by atoms with Crippen molar-refractivity contribution >= 4 is 24.0 Å². The number of rotatable bonds is 4. The number of ether oxygens (including phenoxy) is 1. The SMILES string of the molecule is COc1cccc(C2(C(=O)Nc3ccc4c(c3F)CCNC4)CCCC2)c1.Cl. The van der Waals surface area contributed by atoms with Crippen molar-refractivity contribution in [2.45, 2.75) is 44.1 Å². The van der Waals surface area contributed by atoms with Crippen LogP contribution in [-0.4, -0.2) is 19.6 Å². The number of methoxy groups -OCH3 is 1. The predicted octanol–water partition coefficient (Wildman–Crippen LogP) is 4.35. The van der Waals surface area contributed by atoms with E-state index < -0.39 is 5.41 Å². The summed E-state index contributed by atoms with van der Waals surface area (Å²) in [5.74, 6) is 0.321. The van der Waals surface area contributed by atoms with E-state index in [9.17, 15) is 9.18 Å². The number of carbonyl (C=O) groups is 1. The van der Waals surface area contributed by atoms with Gasteiger partial charge in [-0.2, -0.15) is 0 Å². The standard InChI is InChI=1S/C22H25FN2O2.ClH/c1-27-17-6-4-5-16(13-17)22(10-2-3-11-22)21(26)25-19-8-7-15-14-24-12-9-18(15)20(19)23;/h4-8,13,24H,2-3,9-12,14H2,1H3,(H,25,26);1H. The Bertz CT molecular complexity index is 866. The van der Waals surface area contributed by atoms with Gasteiger partial charge in [-0.3, -0.25) is 4.79 Å². The van der Waals surface area contributed by atoms with E-state index in [1.54, 1.807) is 13.2 Å². The van der Waals surface area contributed by atoms with E-state index in [1.165, 1.54) is 0 Å². The maximum Gasteiger partial charge on any atom is 0.235 e. The van der Waals surface area contributed by atoms with Gasteiger partial charge in [-0.05, 0) is 60.7 Å². The Morgan fingerprint density at radius 1 is 1.21 bits per heavy atom. The average molecular weight is 405 g/mol. The summed E-state index contributed by atoms with van der Waals surface area (Å²) in [6, 6.07) is 11.3. The highest BCUT2D eigenvalue weighted by Crippen LogP contribution is 2.43. The number of anilines is 1. The molecular formula is C22H26ClFN2O2. The van der Waals surface area contributed by atoms with Gasteiger partial charge in [0.25, 0.3) is 0 Å². The topological polar surface area (TPSA) is 50.4 Å². The fourth-order valence-electron chi connectivity index (χ4n) is 4.42. The molecule has 1 aliphatic carbocycles. The lowest BCUT2D eigenvalue weighted by Crippen LogP contribution is -2.38. The number of benzene rings is 2. The van der Waals surface area contributed by atoms with Crippen LogP contribution in [-0.2, 0) is 23.2 Å². The number of halogens is 2. The molecule has 1 aliphatic heterocycles. The Labute approximate surface area is 171 Å². The smallest absolute Gasteiger partial charge is 0.235 e. The Morgan fingerprint density at radius 2 is 2.00 bits per heavy atom. The second kappa shape index (κ2) is 8.50. The molecule has 150 valence electrons. The van der Waals surface area contributed by atoms with E-state index in [4.69, 9.17) is 4.74 Å². The predicted molar refractivity (Wildman–Crippen MR) is 111 cm³/mol. The quantitative estimate of drug-likeness (QED) is 0.796. The minimum Gasteiger partial charge on any atom is -0.497 e. The summed E-state index contributed by atoms with van der Waals surface area (Å²) in [4.78, 5) is 13.3. The normalized spacial score (nSPS) is 17.4. The van der Waals surface area contributed by atoms with Gasteiger partial charge >= 0.3 is 0 Å². The molecule has 4 nitrogen and oxygen atoms in total. The highest BCUT2D eigenvalue weighted by molar-refractivity contribution is 5.99. The summed E-state index contributed by atoms with van der Waals surface area (Å²) in [5.41, 5.74) is 2.29. The molecule has 0 unspecified atom stereocenters. The molecule has 0 spiro atoms. The van der Waals surface area contributed by atoms with E-state index in [2.05, 4.69) is 10.6 Å².